The lowest BCUT2D eigenvalue weighted by atomic mass is 9.91. The smallest absolute Gasteiger partial charge is 0.275 e. The average molecular weight is 254 g/mol. The molecule has 0 amide bonds. The van der Waals surface area contributed by atoms with E-state index in [1.54, 1.807) is 23.6 Å². The Bertz CT molecular complexity index is 496. The Balaban J connectivity index is 2.56. The van der Waals surface area contributed by atoms with E-state index < -0.39 is 12.0 Å². The molecule has 0 fully saturated rings. The molecule has 0 saturated carbocycles. The van der Waals surface area contributed by atoms with Crippen molar-refractivity contribution < 1.29 is 13.9 Å². The third kappa shape index (κ3) is 2.10. The van der Waals surface area contributed by atoms with Crippen molar-refractivity contribution in [3.63, 3.8) is 0 Å². The third-order valence-corrected chi connectivity index (χ3v) is 3.67. The number of aryl methyl sites for hydroxylation is 1. The van der Waals surface area contributed by atoms with Crippen molar-refractivity contribution in [1.29, 1.82) is 0 Å². The minimum absolute atomic E-state index is 0.231. The summed E-state index contributed by atoms with van der Waals surface area (Å²) in [6.07, 6.45) is -2.86. The lowest BCUT2D eigenvalue weighted by Crippen LogP contribution is -2.34. The fraction of sp³-hybridized carbons (Fsp3) is 0.231. The Hall–Kier alpha value is -1.26. The highest BCUT2D eigenvalue weighted by molar-refractivity contribution is 7.10. The van der Waals surface area contributed by atoms with Gasteiger partial charge in [-0.2, -0.15) is 0 Å². The van der Waals surface area contributed by atoms with Gasteiger partial charge < -0.3 is 5.11 Å². The Labute approximate surface area is 102 Å². The monoisotopic (exact) mass is 254 g/mol. The molecule has 1 atom stereocenters. The molecule has 1 nitrogen and oxygen atoms in total. The van der Waals surface area contributed by atoms with Gasteiger partial charge in [0.2, 0.25) is 0 Å². The molecule has 0 saturated heterocycles. The number of aliphatic hydroxyl groups is 1. The number of halogens is 2. The van der Waals surface area contributed by atoms with Crippen LogP contribution in [0.25, 0.3) is 0 Å². The minimum Gasteiger partial charge on any atom is -0.374 e. The molecule has 17 heavy (non-hydrogen) atoms. The molecular weight excluding hydrogens is 242 g/mol. The molecule has 1 aromatic carbocycles. The maximum absolute atomic E-state index is 13.2. The topological polar surface area (TPSA) is 20.2 Å². The molecule has 90 valence electrons. The van der Waals surface area contributed by atoms with Crippen molar-refractivity contribution in [2.24, 2.45) is 0 Å². The molecule has 2 aromatic rings. The van der Waals surface area contributed by atoms with E-state index in [9.17, 15) is 13.9 Å². The predicted octanol–water partition coefficient (Wildman–Crippen LogP) is 3.56. The van der Waals surface area contributed by atoms with Crippen molar-refractivity contribution >= 4 is 11.3 Å². The minimum atomic E-state index is -2.86. The van der Waals surface area contributed by atoms with E-state index in [4.69, 9.17) is 0 Å². The molecule has 0 radical (unpaired) electrons. The Morgan fingerprint density at radius 1 is 1.24 bits per heavy atom. The molecule has 0 aliphatic heterocycles. The summed E-state index contributed by atoms with van der Waals surface area (Å²) >= 11 is 1.13. The number of benzene rings is 1. The molecule has 1 heterocycles. The van der Waals surface area contributed by atoms with Crippen LogP contribution in [-0.2, 0) is 5.60 Å². The molecular formula is C13H12F2OS. The summed E-state index contributed by atoms with van der Waals surface area (Å²) in [5, 5.41) is 12.0. The Morgan fingerprint density at radius 2 is 2.00 bits per heavy atom. The molecule has 0 aliphatic carbocycles. The summed E-state index contributed by atoms with van der Waals surface area (Å²) in [7, 11) is 0. The summed E-state index contributed by atoms with van der Waals surface area (Å²) in [6, 6.07) is 9.78. The lowest BCUT2D eigenvalue weighted by Gasteiger charge is -2.27. The van der Waals surface area contributed by atoms with E-state index in [0.717, 1.165) is 16.9 Å². The second-order valence-electron chi connectivity index (χ2n) is 3.91. The summed E-state index contributed by atoms with van der Waals surface area (Å²) < 4.78 is 26.4. The number of alkyl halides is 2. The second kappa shape index (κ2) is 4.55. The maximum Gasteiger partial charge on any atom is 0.275 e. The maximum atomic E-state index is 13.2. The molecule has 0 spiro atoms. The van der Waals surface area contributed by atoms with Gasteiger partial charge in [-0.15, -0.1) is 11.3 Å². The van der Waals surface area contributed by atoms with Crippen molar-refractivity contribution in [2.45, 2.75) is 19.0 Å². The fourth-order valence-electron chi connectivity index (χ4n) is 1.75. The third-order valence-electron chi connectivity index (χ3n) is 2.67. The van der Waals surface area contributed by atoms with E-state index in [-0.39, 0.29) is 10.4 Å². The van der Waals surface area contributed by atoms with Crippen LogP contribution >= 0.6 is 11.3 Å². The van der Waals surface area contributed by atoms with Crippen LogP contribution in [0.2, 0.25) is 0 Å². The summed E-state index contributed by atoms with van der Waals surface area (Å²) in [6.45, 7) is 1.81. The van der Waals surface area contributed by atoms with Gasteiger partial charge in [0.15, 0.2) is 5.60 Å². The van der Waals surface area contributed by atoms with Crippen LogP contribution < -0.4 is 0 Å². The van der Waals surface area contributed by atoms with Crippen LogP contribution in [-0.4, -0.2) is 11.5 Å². The van der Waals surface area contributed by atoms with Crippen LogP contribution in [0.3, 0.4) is 0 Å². The highest BCUT2D eigenvalue weighted by Gasteiger charge is 2.42. The summed E-state index contributed by atoms with van der Waals surface area (Å²) in [5.41, 5.74) is -1.13. The number of hydrogen-bond donors (Lipinski definition) is 1. The zero-order chi connectivity index (χ0) is 12.5. The normalized spacial score (nSPS) is 14.9. The fourth-order valence-corrected chi connectivity index (χ4v) is 2.60. The molecule has 4 heteroatoms. The zero-order valence-electron chi connectivity index (χ0n) is 9.23. The van der Waals surface area contributed by atoms with Gasteiger partial charge in [0.25, 0.3) is 6.43 Å². The SMILES string of the molecule is Cc1cccc(C(O)(c2cccs2)C(F)F)c1. The second-order valence-corrected chi connectivity index (χ2v) is 4.86. The number of hydrogen-bond acceptors (Lipinski definition) is 2. The van der Waals surface area contributed by atoms with Gasteiger partial charge in [0, 0.05) is 4.88 Å². The van der Waals surface area contributed by atoms with Crippen molar-refractivity contribution in [2.75, 3.05) is 0 Å². The van der Waals surface area contributed by atoms with E-state index in [0.29, 0.717) is 0 Å². The van der Waals surface area contributed by atoms with Gasteiger partial charge in [0.1, 0.15) is 0 Å². The number of thiophene rings is 1. The first-order chi connectivity index (χ1) is 8.05. The first-order valence-electron chi connectivity index (χ1n) is 5.17. The molecule has 1 aromatic heterocycles. The van der Waals surface area contributed by atoms with Crippen molar-refractivity contribution in [1.82, 2.24) is 0 Å². The quantitative estimate of drug-likeness (QED) is 0.888. The average Bonchev–Trinajstić information content (AvgIpc) is 2.81. The van der Waals surface area contributed by atoms with Crippen molar-refractivity contribution in [3.8, 4) is 0 Å². The van der Waals surface area contributed by atoms with Gasteiger partial charge >= 0.3 is 0 Å². The van der Waals surface area contributed by atoms with Crippen LogP contribution in [0.1, 0.15) is 16.0 Å². The first-order valence-corrected chi connectivity index (χ1v) is 6.04. The van der Waals surface area contributed by atoms with E-state index in [1.165, 1.54) is 12.1 Å². The van der Waals surface area contributed by atoms with Gasteiger partial charge in [-0.25, -0.2) is 8.78 Å². The molecule has 1 unspecified atom stereocenters. The van der Waals surface area contributed by atoms with E-state index in [2.05, 4.69) is 0 Å². The standard InChI is InChI=1S/C13H12F2OS/c1-9-4-2-5-10(8-9)13(16,12(14)15)11-6-3-7-17-11/h2-8,12,16H,1H3. The molecule has 0 bridgehead atoms. The number of rotatable bonds is 3. The predicted molar refractivity (Wildman–Crippen MR) is 64.5 cm³/mol. The Kier molecular flexibility index (Phi) is 3.26. The van der Waals surface area contributed by atoms with Crippen LogP contribution in [0.4, 0.5) is 8.78 Å². The highest BCUT2D eigenvalue weighted by Crippen LogP contribution is 2.38. The van der Waals surface area contributed by atoms with Crippen LogP contribution in [0, 0.1) is 6.92 Å². The largest absolute Gasteiger partial charge is 0.374 e. The van der Waals surface area contributed by atoms with E-state index in [1.807, 2.05) is 13.0 Å². The van der Waals surface area contributed by atoms with Crippen LogP contribution in [0.15, 0.2) is 41.8 Å². The molecule has 0 aliphatic rings. The van der Waals surface area contributed by atoms with Crippen LogP contribution in [0.5, 0.6) is 0 Å². The summed E-state index contributed by atoms with van der Waals surface area (Å²) in [5.74, 6) is 0. The van der Waals surface area contributed by atoms with Crippen molar-refractivity contribution in [3.05, 3.63) is 57.8 Å². The highest BCUT2D eigenvalue weighted by atomic mass is 32.1. The zero-order valence-corrected chi connectivity index (χ0v) is 10.0. The summed E-state index contributed by atoms with van der Waals surface area (Å²) in [4.78, 5) is 0.262. The van der Waals surface area contributed by atoms with E-state index >= 15 is 0 Å². The van der Waals surface area contributed by atoms with Gasteiger partial charge in [-0.3, -0.25) is 0 Å². The Morgan fingerprint density at radius 3 is 2.53 bits per heavy atom. The van der Waals surface area contributed by atoms with Gasteiger partial charge in [-0.05, 0) is 23.9 Å². The lowest BCUT2D eigenvalue weighted by molar-refractivity contribution is -0.0694. The van der Waals surface area contributed by atoms with Gasteiger partial charge in [-0.1, -0.05) is 35.9 Å². The first kappa shape index (κ1) is 12.2. The molecule has 1 N–H and O–H groups in total. The van der Waals surface area contributed by atoms with Gasteiger partial charge in [0.05, 0.1) is 0 Å². The molecule has 2 rings (SSSR count).